The zero-order valence-corrected chi connectivity index (χ0v) is 8.28. The van der Waals surface area contributed by atoms with Gasteiger partial charge < -0.3 is 9.59 Å². The molecule has 0 saturated heterocycles. The molecule has 0 saturated carbocycles. The van der Waals surface area contributed by atoms with Crippen molar-refractivity contribution in [2.24, 2.45) is 0 Å². The Kier molecular flexibility index (Phi) is 24.7. The monoisotopic (exact) mass is 334 g/mol. The van der Waals surface area contributed by atoms with Crippen molar-refractivity contribution >= 4 is 57.1 Å². The van der Waals surface area contributed by atoms with Crippen LogP contribution >= 0.6 is 48.0 Å². The van der Waals surface area contributed by atoms with E-state index in [1.807, 2.05) is 0 Å². The molecule has 0 aliphatic heterocycles. The summed E-state index contributed by atoms with van der Waals surface area (Å²) in [5.74, 6) is 0. The van der Waals surface area contributed by atoms with Crippen molar-refractivity contribution in [3.8, 4) is 0 Å². The Morgan fingerprint density at radius 2 is 1.17 bits per heavy atom. The Morgan fingerprint density at radius 3 is 1.17 bits per heavy atom. The normalized spacial score (nSPS) is 4.00. The summed E-state index contributed by atoms with van der Waals surface area (Å²) in [4.78, 5) is 14.3. The number of hydrogen-bond donors (Lipinski definition) is 2. The molecule has 0 aliphatic carbocycles. The van der Waals surface area contributed by atoms with Gasteiger partial charge in [-0.05, 0) is 0 Å². The molecule has 0 radical (unpaired) electrons. The van der Waals surface area contributed by atoms with E-state index >= 15 is 0 Å². The van der Waals surface area contributed by atoms with E-state index in [0.29, 0.717) is 0 Å². The molecule has 0 atom stereocenters. The fraction of sp³-hybridized carbons (Fsp3) is 0. The van der Waals surface area contributed by atoms with Gasteiger partial charge >= 0.3 is 9.17 Å². The predicted octanol–water partition coefficient (Wildman–Crippen LogP) is -0.378. The Labute approximate surface area is 70.7 Å². The second-order valence-electron chi connectivity index (χ2n) is 0.283. The highest BCUT2D eigenvalue weighted by Gasteiger charge is 1.85. The van der Waals surface area contributed by atoms with Gasteiger partial charge in [-0.3, -0.25) is 4.46 Å². The van der Waals surface area contributed by atoms with E-state index in [-0.39, 0.29) is 48.0 Å². The molecule has 6 heteroatoms. The van der Waals surface area contributed by atoms with Crippen molar-refractivity contribution < 1.29 is 14.1 Å². The minimum atomic E-state index is -3.13. The minimum absolute atomic E-state index is 0. The molecule has 0 amide bonds. The second-order valence-corrected chi connectivity index (χ2v) is 0.848. The molecule has 0 aromatic carbocycles. The van der Waals surface area contributed by atoms with E-state index in [4.69, 9.17) is 14.1 Å². The van der Waals surface area contributed by atoms with Crippen molar-refractivity contribution in [2.45, 2.75) is 0 Å². The predicted molar refractivity (Wildman–Crippen MR) is 41.7 cm³/mol. The van der Waals surface area contributed by atoms with Gasteiger partial charge in [0.05, 0.1) is 0 Å². The van der Waals surface area contributed by atoms with E-state index in [1.165, 1.54) is 0 Å². The average molecular weight is 334 g/mol. The van der Waals surface area contributed by atoms with Gasteiger partial charge in [0.15, 0.2) is 0 Å². The third-order valence-corrected chi connectivity index (χ3v) is 0. The largest absolute Gasteiger partial charge is 0.761 e. The summed E-state index contributed by atoms with van der Waals surface area (Å²) in [7, 11) is -3.13. The number of rotatable bonds is 0. The minimum Gasteiger partial charge on any atom is -0.511 e. The summed E-state index contributed by atoms with van der Waals surface area (Å²) in [6.45, 7) is 0. The first-order valence-corrected chi connectivity index (χ1v) is 1.95. The van der Waals surface area contributed by atoms with Crippen LogP contribution in [0.2, 0.25) is 0 Å². The van der Waals surface area contributed by atoms with E-state index in [0.717, 1.165) is 0 Å². The maximum atomic E-state index is 8.74. The molecule has 0 rings (SSSR count). The highest BCUT2D eigenvalue weighted by molar-refractivity contribution is 14.0. The van der Waals surface area contributed by atoms with Crippen molar-refractivity contribution in [3.63, 3.8) is 0 Å². The Bertz CT molecular complexity index is 31.8. The van der Waals surface area contributed by atoms with Gasteiger partial charge in [-0.25, -0.2) is 0 Å². The number of hydrogen-bond acceptors (Lipinski definition) is 1. The SMILES string of the molecule is I.I.O=[Si](O)O. The third-order valence-electron chi connectivity index (χ3n) is 0. The lowest BCUT2D eigenvalue weighted by molar-refractivity contribution is 0.330. The Hall–Kier alpha value is 1.08. The molecule has 0 aliphatic rings. The molecule has 0 aromatic heterocycles. The van der Waals surface area contributed by atoms with Gasteiger partial charge in [-0.1, -0.05) is 0 Å². The first-order valence-electron chi connectivity index (χ1n) is 0.651. The standard InChI is InChI=1S/2HI.H2O3Si/c;;1-4(2)3/h2*1H;1-2H. The van der Waals surface area contributed by atoms with Crippen molar-refractivity contribution in [1.29, 1.82) is 0 Å². The molecule has 40 valence electrons. The first-order chi connectivity index (χ1) is 1.73. The molecule has 0 bridgehead atoms. The van der Waals surface area contributed by atoms with Crippen LogP contribution in [-0.4, -0.2) is 18.8 Å². The van der Waals surface area contributed by atoms with E-state index in [1.54, 1.807) is 0 Å². The molecule has 0 heterocycles. The quantitative estimate of drug-likeness (QED) is 0.469. The second kappa shape index (κ2) is 9.42. The average Bonchev–Trinajstić information content (AvgIpc) is 0.811. The van der Waals surface area contributed by atoms with E-state index < -0.39 is 9.17 Å². The summed E-state index contributed by atoms with van der Waals surface area (Å²) in [5.41, 5.74) is 0. The van der Waals surface area contributed by atoms with Crippen LogP contribution in [0, 0.1) is 0 Å². The van der Waals surface area contributed by atoms with Crippen molar-refractivity contribution in [2.75, 3.05) is 0 Å². The van der Waals surface area contributed by atoms with Crippen LogP contribution < -0.4 is 0 Å². The summed E-state index contributed by atoms with van der Waals surface area (Å²) >= 11 is 0. The molecule has 0 fully saturated rings. The van der Waals surface area contributed by atoms with Gasteiger partial charge in [0.2, 0.25) is 0 Å². The molecule has 6 heavy (non-hydrogen) atoms. The first kappa shape index (κ1) is 15.7. The van der Waals surface area contributed by atoms with Crippen LogP contribution in [0.4, 0.5) is 0 Å². The molecule has 0 unspecified atom stereocenters. The van der Waals surface area contributed by atoms with Crippen LogP contribution in [0.1, 0.15) is 0 Å². The summed E-state index contributed by atoms with van der Waals surface area (Å²) < 4.78 is 8.74. The topological polar surface area (TPSA) is 57.5 Å². The molecule has 0 aromatic rings. The fourth-order valence-electron chi connectivity index (χ4n) is 0. The zero-order chi connectivity index (χ0) is 3.58. The highest BCUT2D eigenvalue weighted by Crippen LogP contribution is 1.27. The number of halogens is 2. The van der Waals surface area contributed by atoms with Crippen LogP contribution in [0.3, 0.4) is 0 Å². The smallest absolute Gasteiger partial charge is 0.511 e. The third kappa shape index (κ3) is 72.8. The molecule has 0 spiro atoms. The van der Waals surface area contributed by atoms with Crippen LogP contribution in [-0.2, 0) is 4.46 Å². The Morgan fingerprint density at radius 1 is 1.17 bits per heavy atom. The summed E-state index contributed by atoms with van der Waals surface area (Å²) in [6.07, 6.45) is 0. The maximum absolute atomic E-state index is 8.74. The van der Waals surface area contributed by atoms with E-state index in [2.05, 4.69) is 0 Å². The van der Waals surface area contributed by atoms with Crippen molar-refractivity contribution in [3.05, 3.63) is 0 Å². The maximum Gasteiger partial charge on any atom is 0.761 e. The van der Waals surface area contributed by atoms with Crippen molar-refractivity contribution in [1.82, 2.24) is 0 Å². The van der Waals surface area contributed by atoms with Gasteiger partial charge in [-0.15, -0.1) is 48.0 Å². The lowest BCUT2D eigenvalue weighted by atomic mass is 15.8. The summed E-state index contributed by atoms with van der Waals surface area (Å²) in [5, 5.41) is 0. The van der Waals surface area contributed by atoms with Crippen LogP contribution in [0.15, 0.2) is 0 Å². The lowest BCUT2D eigenvalue weighted by Gasteiger charge is -1.55. The highest BCUT2D eigenvalue weighted by atomic mass is 127. The molecular formula is H4I2O3Si. The molecular weight excluding hydrogens is 330 g/mol. The fourth-order valence-corrected chi connectivity index (χ4v) is 0. The molecule has 3 nitrogen and oxygen atoms in total. The lowest BCUT2D eigenvalue weighted by Crippen LogP contribution is -1.90. The Balaban J connectivity index is -0.0000000450. The van der Waals surface area contributed by atoms with Gasteiger partial charge in [0.1, 0.15) is 0 Å². The van der Waals surface area contributed by atoms with Crippen LogP contribution in [0.5, 0.6) is 0 Å². The molecule has 2 N–H and O–H groups in total. The summed E-state index contributed by atoms with van der Waals surface area (Å²) in [6, 6.07) is 0. The van der Waals surface area contributed by atoms with E-state index in [9.17, 15) is 0 Å². The van der Waals surface area contributed by atoms with Crippen LogP contribution in [0.25, 0.3) is 0 Å². The van der Waals surface area contributed by atoms with Gasteiger partial charge in [0, 0.05) is 0 Å². The van der Waals surface area contributed by atoms with Gasteiger partial charge in [0.25, 0.3) is 0 Å². The van der Waals surface area contributed by atoms with Gasteiger partial charge in [-0.2, -0.15) is 0 Å². The zero-order valence-electron chi connectivity index (χ0n) is 2.62.